The van der Waals surface area contributed by atoms with Gasteiger partial charge in [-0.2, -0.15) is 5.26 Å². The number of hydrogen-bond acceptors (Lipinski definition) is 5. The molecule has 0 amide bonds. The molecule has 0 bridgehead atoms. The van der Waals surface area contributed by atoms with Crippen LogP contribution in [0.15, 0.2) is 60.7 Å². The molecule has 1 aromatic heterocycles. The summed E-state index contributed by atoms with van der Waals surface area (Å²) in [4.78, 5) is 9.47. The zero-order valence-electron chi connectivity index (χ0n) is 17.8. The van der Waals surface area contributed by atoms with Crippen molar-refractivity contribution in [1.29, 1.82) is 5.26 Å². The number of nitriles is 1. The Bertz CT molecular complexity index is 1380. The fraction of sp³-hybridized carbons (Fsp3) is 0.192. The van der Waals surface area contributed by atoms with Gasteiger partial charge in [0, 0.05) is 28.1 Å². The van der Waals surface area contributed by atoms with E-state index < -0.39 is 5.82 Å². The number of nitrogens with one attached hydrogen (secondary N) is 2. The fourth-order valence-electron chi connectivity index (χ4n) is 4.17. The van der Waals surface area contributed by atoms with Crippen LogP contribution in [0.2, 0.25) is 5.02 Å². The van der Waals surface area contributed by atoms with Gasteiger partial charge in [-0.25, -0.2) is 14.4 Å². The molecule has 5 rings (SSSR count). The molecule has 0 saturated carbocycles. The van der Waals surface area contributed by atoms with E-state index in [0.29, 0.717) is 28.1 Å². The average Bonchev–Trinajstić information content (AvgIpc) is 3.36. The number of rotatable bonds is 5. The number of fused-ring (bicyclic) bond motifs is 1. The van der Waals surface area contributed by atoms with Crippen molar-refractivity contribution in [1.82, 2.24) is 15.3 Å². The summed E-state index contributed by atoms with van der Waals surface area (Å²) in [5, 5.41) is 17.3. The van der Waals surface area contributed by atoms with Crippen molar-refractivity contribution in [3.8, 4) is 28.5 Å². The maximum Gasteiger partial charge on any atom is 0.223 e. The van der Waals surface area contributed by atoms with E-state index in [2.05, 4.69) is 10.6 Å². The molecule has 0 unspecified atom stereocenters. The second kappa shape index (κ2) is 9.14. The van der Waals surface area contributed by atoms with E-state index in [1.807, 2.05) is 48.5 Å². The molecule has 0 aliphatic carbocycles. The van der Waals surface area contributed by atoms with Crippen LogP contribution < -0.4 is 10.6 Å². The summed E-state index contributed by atoms with van der Waals surface area (Å²) in [7, 11) is 0. The van der Waals surface area contributed by atoms with Crippen molar-refractivity contribution in [2.75, 3.05) is 25.0 Å². The molecule has 2 N–H and O–H groups in total. The molecule has 0 radical (unpaired) electrons. The first-order chi connectivity index (χ1) is 16.1. The number of hydrogen-bond donors (Lipinski definition) is 2. The topological polar surface area (TPSA) is 73.6 Å². The SMILES string of the molecule is N#Cc1ccc(-c2nc(NC[C@H]3CCNC3)nc3ccc(-c4ccccc4Cl)cc23)cc1F. The van der Waals surface area contributed by atoms with Gasteiger partial charge in [-0.05, 0) is 61.3 Å². The van der Waals surface area contributed by atoms with Crippen molar-refractivity contribution in [2.45, 2.75) is 6.42 Å². The van der Waals surface area contributed by atoms with Crippen LogP contribution in [0.5, 0.6) is 0 Å². The molecule has 7 heteroatoms. The van der Waals surface area contributed by atoms with Gasteiger partial charge >= 0.3 is 0 Å². The monoisotopic (exact) mass is 457 g/mol. The Kier molecular flexibility index (Phi) is 5.91. The van der Waals surface area contributed by atoms with Crippen LogP contribution in [-0.2, 0) is 0 Å². The van der Waals surface area contributed by atoms with Crippen LogP contribution in [-0.4, -0.2) is 29.6 Å². The van der Waals surface area contributed by atoms with E-state index in [9.17, 15) is 4.39 Å². The lowest BCUT2D eigenvalue weighted by atomic mass is 9.99. The third kappa shape index (κ3) is 4.38. The van der Waals surface area contributed by atoms with Gasteiger partial charge in [0.15, 0.2) is 0 Å². The summed E-state index contributed by atoms with van der Waals surface area (Å²) in [6.45, 7) is 2.75. The van der Waals surface area contributed by atoms with Gasteiger partial charge in [0.2, 0.25) is 5.95 Å². The van der Waals surface area contributed by atoms with E-state index in [1.165, 1.54) is 12.1 Å². The molecule has 1 aliphatic heterocycles. The molecule has 1 saturated heterocycles. The third-order valence-corrected chi connectivity index (χ3v) is 6.28. The van der Waals surface area contributed by atoms with Crippen LogP contribution in [0.1, 0.15) is 12.0 Å². The number of aromatic nitrogens is 2. The van der Waals surface area contributed by atoms with Gasteiger partial charge in [-0.3, -0.25) is 0 Å². The molecule has 2 heterocycles. The summed E-state index contributed by atoms with van der Waals surface area (Å²) in [6, 6.07) is 19.9. The molecule has 1 atom stereocenters. The van der Waals surface area contributed by atoms with Crippen molar-refractivity contribution < 1.29 is 4.39 Å². The Morgan fingerprint density at radius 2 is 1.94 bits per heavy atom. The molecule has 1 aliphatic rings. The normalized spacial score (nSPS) is 15.5. The molecule has 5 nitrogen and oxygen atoms in total. The summed E-state index contributed by atoms with van der Waals surface area (Å²) in [5.74, 6) is 0.443. The molecule has 0 spiro atoms. The van der Waals surface area contributed by atoms with E-state index in [0.717, 1.165) is 48.1 Å². The predicted molar refractivity (Wildman–Crippen MR) is 130 cm³/mol. The highest BCUT2D eigenvalue weighted by molar-refractivity contribution is 6.33. The smallest absolute Gasteiger partial charge is 0.223 e. The lowest BCUT2D eigenvalue weighted by molar-refractivity contribution is 0.613. The first-order valence-electron chi connectivity index (χ1n) is 10.8. The van der Waals surface area contributed by atoms with Gasteiger partial charge < -0.3 is 10.6 Å². The molecular weight excluding hydrogens is 437 g/mol. The van der Waals surface area contributed by atoms with E-state index >= 15 is 0 Å². The first kappa shape index (κ1) is 21.3. The maximum absolute atomic E-state index is 14.5. The van der Waals surface area contributed by atoms with Crippen molar-refractivity contribution in [3.05, 3.63) is 77.1 Å². The van der Waals surface area contributed by atoms with Gasteiger partial charge in [0.1, 0.15) is 11.9 Å². The van der Waals surface area contributed by atoms with Crippen molar-refractivity contribution in [2.24, 2.45) is 5.92 Å². The number of benzene rings is 3. The standard InChI is InChI=1S/C26H21ClFN5/c27-22-4-2-1-3-20(22)17-7-8-24-21(11-17)25(18-5-6-19(13-29)23(28)12-18)33-26(32-24)31-15-16-9-10-30-14-16/h1-8,11-12,16,30H,9-10,14-15H2,(H,31,32,33)/t16-/m0/s1. The highest BCUT2D eigenvalue weighted by Crippen LogP contribution is 2.34. The second-order valence-electron chi connectivity index (χ2n) is 8.15. The van der Waals surface area contributed by atoms with Crippen LogP contribution in [0, 0.1) is 23.1 Å². The molecule has 3 aromatic carbocycles. The maximum atomic E-state index is 14.5. The predicted octanol–water partition coefficient (Wildman–Crippen LogP) is 5.65. The Morgan fingerprint density at radius 3 is 2.70 bits per heavy atom. The van der Waals surface area contributed by atoms with Gasteiger partial charge in [0.05, 0.1) is 16.8 Å². The lowest BCUT2D eigenvalue weighted by Crippen LogP contribution is -2.18. The molecular formula is C26H21ClFN5. The van der Waals surface area contributed by atoms with Crippen molar-refractivity contribution >= 4 is 28.5 Å². The minimum absolute atomic E-state index is 0.000880. The van der Waals surface area contributed by atoms with Gasteiger partial charge in [-0.15, -0.1) is 0 Å². The Labute approximate surface area is 196 Å². The molecule has 33 heavy (non-hydrogen) atoms. The Hall–Kier alpha value is -3.53. The minimum atomic E-state index is -0.574. The average molecular weight is 458 g/mol. The summed E-state index contributed by atoms with van der Waals surface area (Å²) < 4.78 is 14.5. The van der Waals surface area contributed by atoms with E-state index in [4.69, 9.17) is 26.8 Å². The second-order valence-corrected chi connectivity index (χ2v) is 8.56. The molecule has 4 aromatic rings. The zero-order valence-corrected chi connectivity index (χ0v) is 18.5. The Balaban J connectivity index is 1.63. The fourth-order valence-corrected chi connectivity index (χ4v) is 4.41. The van der Waals surface area contributed by atoms with Crippen LogP contribution >= 0.6 is 11.6 Å². The van der Waals surface area contributed by atoms with Gasteiger partial charge in [-0.1, -0.05) is 41.9 Å². The Morgan fingerprint density at radius 1 is 1.09 bits per heavy atom. The van der Waals surface area contributed by atoms with Crippen LogP contribution in [0.3, 0.4) is 0 Å². The quantitative estimate of drug-likeness (QED) is 0.405. The summed E-state index contributed by atoms with van der Waals surface area (Å²) >= 11 is 6.42. The minimum Gasteiger partial charge on any atom is -0.354 e. The molecule has 164 valence electrons. The van der Waals surface area contributed by atoms with Crippen LogP contribution in [0.4, 0.5) is 10.3 Å². The lowest BCUT2D eigenvalue weighted by Gasteiger charge is -2.14. The summed E-state index contributed by atoms with van der Waals surface area (Å²) in [6.07, 6.45) is 1.11. The van der Waals surface area contributed by atoms with Crippen LogP contribution in [0.25, 0.3) is 33.3 Å². The van der Waals surface area contributed by atoms with E-state index in [1.54, 1.807) is 6.07 Å². The van der Waals surface area contributed by atoms with Crippen molar-refractivity contribution in [3.63, 3.8) is 0 Å². The highest BCUT2D eigenvalue weighted by Gasteiger charge is 2.17. The number of anilines is 1. The zero-order chi connectivity index (χ0) is 22.8. The van der Waals surface area contributed by atoms with E-state index in [-0.39, 0.29) is 5.56 Å². The first-order valence-corrected chi connectivity index (χ1v) is 11.2. The van der Waals surface area contributed by atoms with Gasteiger partial charge in [0.25, 0.3) is 0 Å². The summed E-state index contributed by atoms with van der Waals surface area (Å²) in [5.41, 5.74) is 3.75. The third-order valence-electron chi connectivity index (χ3n) is 5.95. The highest BCUT2D eigenvalue weighted by atomic mass is 35.5. The molecule has 1 fully saturated rings. The largest absolute Gasteiger partial charge is 0.354 e. The number of halogens is 2. The number of nitrogens with zero attached hydrogens (tertiary/aromatic N) is 3.